The lowest BCUT2D eigenvalue weighted by Gasteiger charge is -2.19. The van der Waals surface area contributed by atoms with Gasteiger partial charge in [-0.15, -0.1) is 0 Å². The molecule has 0 radical (unpaired) electrons. The van der Waals surface area contributed by atoms with Crippen molar-refractivity contribution < 1.29 is 0 Å². The van der Waals surface area contributed by atoms with Crippen molar-refractivity contribution in [1.82, 2.24) is 5.32 Å². The average Bonchev–Trinajstić information content (AvgIpc) is 3.09. The zero-order chi connectivity index (χ0) is 13.1. The van der Waals surface area contributed by atoms with E-state index < -0.39 is 0 Å². The summed E-state index contributed by atoms with van der Waals surface area (Å²) in [5.74, 6) is 0.955. The van der Waals surface area contributed by atoms with E-state index in [1.54, 1.807) is 5.56 Å². The van der Waals surface area contributed by atoms with Crippen molar-refractivity contribution in [2.45, 2.75) is 59.4 Å². The van der Waals surface area contributed by atoms with Gasteiger partial charge in [-0.1, -0.05) is 24.6 Å². The molecule has 0 bridgehead atoms. The van der Waals surface area contributed by atoms with E-state index in [1.165, 1.54) is 42.4 Å². The molecule has 1 aromatic rings. The summed E-state index contributed by atoms with van der Waals surface area (Å²) >= 11 is 0. The van der Waals surface area contributed by atoms with E-state index in [4.69, 9.17) is 0 Å². The molecule has 0 aromatic heterocycles. The molecule has 0 amide bonds. The van der Waals surface area contributed by atoms with Crippen LogP contribution in [0, 0.1) is 26.7 Å². The molecule has 1 N–H and O–H groups in total. The molecule has 1 aliphatic rings. The van der Waals surface area contributed by atoms with Gasteiger partial charge in [0.05, 0.1) is 0 Å². The van der Waals surface area contributed by atoms with Gasteiger partial charge in [-0.05, 0) is 75.6 Å². The first kappa shape index (κ1) is 13.6. The highest BCUT2D eigenvalue weighted by molar-refractivity contribution is 5.37. The van der Waals surface area contributed by atoms with Gasteiger partial charge in [0.25, 0.3) is 0 Å². The highest BCUT2D eigenvalue weighted by Crippen LogP contribution is 2.34. The van der Waals surface area contributed by atoms with Gasteiger partial charge in [0.15, 0.2) is 0 Å². The Morgan fingerprint density at radius 3 is 2.28 bits per heavy atom. The van der Waals surface area contributed by atoms with E-state index in [2.05, 4.69) is 45.1 Å². The van der Waals surface area contributed by atoms with Crippen LogP contribution >= 0.6 is 0 Å². The number of nitrogens with one attached hydrogen (secondary N) is 1. The first-order valence-electron chi connectivity index (χ1n) is 7.42. The topological polar surface area (TPSA) is 12.0 Å². The third-order valence-electron chi connectivity index (χ3n) is 4.20. The predicted molar refractivity (Wildman–Crippen MR) is 79.2 cm³/mol. The van der Waals surface area contributed by atoms with E-state index in [1.807, 2.05) is 0 Å². The van der Waals surface area contributed by atoms with E-state index in [-0.39, 0.29) is 0 Å². The molecule has 1 atom stereocenters. The molecule has 1 fully saturated rings. The number of aryl methyl sites for hydroxylation is 3. The monoisotopic (exact) mass is 245 g/mol. The first-order valence-corrected chi connectivity index (χ1v) is 7.42. The summed E-state index contributed by atoms with van der Waals surface area (Å²) in [6.45, 7) is 10.0. The zero-order valence-corrected chi connectivity index (χ0v) is 12.3. The lowest BCUT2D eigenvalue weighted by atomic mass is 9.93. The van der Waals surface area contributed by atoms with Crippen LogP contribution in [0.25, 0.3) is 0 Å². The third-order valence-corrected chi connectivity index (χ3v) is 4.20. The van der Waals surface area contributed by atoms with Gasteiger partial charge in [-0.2, -0.15) is 0 Å². The van der Waals surface area contributed by atoms with Crippen molar-refractivity contribution in [1.29, 1.82) is 0 Å². The van der Waals surface area contributed by atoms with Crippen molar-refractivity contribution in [3.8, 4) is 0 Å². The van der Waals surface area contributed by atoms with Gasteiger partial charge < -0.3 is 5.32 Å². The molecular formula is C17H27N. The fraction of sp³-hybridized carbons (Fsp3) is 0.647. The van der Waals surface area contributed by atoms with Gasteiger partial charge in [0.1, 0.15) is 0 Å². The maximum atomic E-state index is 3.67. The van der Waals surface area contributed by atoms with Crippen LogP contribution in [-0.4, -0.2) is 12.6 Å². The van der Waals surface area contributed by atoms with Crippen LogP contribution in [-0.2, 0) is 6.42 Å². The molecule has 2 rings (SSSR count). The first-order chi connectivity index (χ1) is 8.61. The standard InChI is InChI=1S/C17H27N/c1-5-18-17(15-6-7-15)9-8-16-13(3)10-12(2)11-14(16)4/h10-11,15,17-18H,5-9H2,1-4H3. The minimum Gasteiger partial charge on any atom is -0.314 e. The number of benzene rings is 1. The molecule has 0 heterocycles. The molecular weight excluding hydrogens is 218 g/mol. The van der Waals surface area contributed by atoms with Gasteiger partial charge in [-0.25, -0.2) is 0 Å². The van der Waals surface area contributed by atoms with Crippen LogP contribution in [0.2, 0.25) is 0 Å². The summed E-state index contributed by atoms with van der Waals surface area (Å²) < 4.78 is 0. The van der Waals surface area contributed by atoms with Gasteiger partial charge in [0, 0.05) is 6.04 Å². The van der Waals surface area contributed by atoms with Crippen molar-refractivity contribution in [2.75, 3.05) is 6.54 Å². The van der Waals surface area contributed by atoms with Crippen LogP contribution in [0.4, 0.5) is 0 Å². The zero-order valence-electron chi connectivity index (χ0n) is 12.3. The van der Waals surface area contributed by atoms with Crippen LogP contribution in [0.3, 0.4) is 0 Å². The molecule has 1 unspecified atom stereocenters. The van der Waals surface area contributed by atoms with Gasteiger partial charge in [-0.3, -0.25) is 0 Å². The molecule has 100 valence electrons. The molecule has 1 heteroatoms. The van der Waals surface area contributed by atoms with Gasteiger partial charge >= 0.3 is 0 Å². The normalized spacial score (nSPS) is 16.9. The minimum absolute atomic E-state index is 0.745. The Hall–Kier alpha value is -0.820. The second-order valence-corrected chi connectivity index (χ2v) is 5.92. The van der Waals surface area contributed by atoms with Crippen molar-refractivity contribution in [3.05, 3.63) is 34.4 Å². The van der Waals surface area contributed by atoms with Crippen LogP contribution in [0.5, 0.6) is 0 Å². The Morgan fingerprint density at radius 2 is 1.78 bits per heavy atom. The Labute approximate surface area is 112 Å². The Balaban J connectivity index is 2.00. The second-order valence-electron chi connectivity index (χ2n) is 5.92. The Bertz CT molecular complexity index is 381. The lowest BCUT2D eigenvalue weighted by molar-refractivity contribution is 0.445. The van der Waals surface area contributed by atoms with Crippen LogP contribution in [0.15, 0.2) is 12.1 Å². The van der Waals surface area contributed by atoms with Crippen molar-refractivity contribution in [2.24, 2.45) is 5.92 Å². The highest BCUT2D eigenvalue weighted by Gasteiger charge is 2.30. The molecule has 18 heavy (non-hydrogen) atoms. The van der Waals surface area contributed by atoms with Crippen LogP contribution in [0.1, 0.15) is 48.4 Å². The van der Waals surface area contributed by atoms with E-state index >= 15 is 0 Å². The van der Waals surface area contributed by atoms with Gasteiger partial charge in [0.2, 0.25) is 0 Å². The molecule has 0 spiro atoms. The fourth-order valence-corrected chi connectivity index (χ4v) is 3.17. The third kappa shape index (κ3) is 3.35. The maximum Gasteiger partial charge on any atom is 0.00983 e. The van der Waals surface area contributed by atoms with E-state index in [9.17, 15) is 0 Å². The molecule has 1 aliphatic carbocycles. The molecule has 0 saturated heterocycles. The summed E-state index contributed by atoms with van der Waals surface area (Å²) in [7, 11) is 0. The summed E-state index contributed by atoms with van der Waals surface area (Å²) in [6, 6.07) is 5.39. The number of hydrogen-bond donors (Lipinski definition) is 1. The number of hydrogen-bond acceptors (Lipinski definition) is 1. The maximum absolute atomic E-state index is 3.67. The molecule has 0 aliphatic heterocycles. The average molecular weight is 245 g/mol. The smallest absolute Gasteiger partial charge is 0.00983 e. The quantitative estimate of drug-likeness (QED) is 0.800. The Kier molecular flexibility index (Phi) is 4.45. The summed E-state index contributed by atoms with van der Waals surface area (Å²) in [4.78, 5) is 0. The van der Waals surface area contributed by atoms with Crippen LogP contribution < -0.4 is 5.32 Å². The Morgan fingerprint density at radius 1 is 1.17 bits per heavy atom. The summed E-state index contributed by atoms with van der Waals surface area (Å²) in [6.07, 6.45) is 5.39. The molecule has 1 saturated carbocycles. The second kappa shape index (κ2) is 5.88. The van der Waals surface area contributed by atoms with Crippen molar-refractivity contribution >= 4 is 0 Å². The summed E-state index contributed by atoms with van der Waals surface area (Å²) in [5.41, 5.74) is 5.90. The molecule has 1 nitrogen and oxygen atoms in total. The predicted octanol–water partition coefficient (Wildman–Crippen LogP) is 3.93. The number of rotatable bonds is 6. The fourth-order valence-electron chi connectivity index (χ4n) is 3.17. The van der Waals surface area contributed by atoms with Crippen molar-refractivity contribution in [3.63, 3.8) is 0 Å². The lowest BCUT2D eigenvalue weighted by Crippen LogP contribution is -2.31. The van der Waals surface area contributed by atoms with E-state index in [0.29, 0.717) is 0 Å². The molecule has 1 aromatic carbocycles. The summed E-state index contributed by atoms with van der Waals surface area (Å²) in [5, 5.41) is 3.67. The SMILES string of the molecule is CCNC(CCc1c(C)cc(C)cc1C)C1CC1. The largest absolute Gasteiger partial charge is 0.314 e. The minimum atomic E-state index is 0.745. The van der Waals surface area contributed by atoms with E-state index in [0.717, 1.165) is 18.5 Å². The highest BCUT2D eigenvalue weighted by atomic mass is 14.9.